The molecule has 0 fully saturated rings. The van der Waals surface area contributed by atoms with Crippen molar-refractivity contribution in [2.24, 2.45) is 0 Å². The zero-order valence-corrected chi connectivity index (χ0v) is 28.6. The molecule has 6 aromatic rings. The molecule has 0 spiro atoms. The monoisotopic (exact) mass is 758 g/mol. The summed E-state index contributed by atoms with van der Waals surface area (Å²) < 4.78 is 31.7. The van der Waals surface area contributed by atoms with E-state index in [1.807, 2.05) is 0 Å². The Morgan fingerprint density at radius 1 is 0.706 bits per heavy atom. The smallest absolute Gasteiger partial charge is 0.305 e. The summed E-state index contributed by atoms with van der Waals surface area (Å²) in [7, 11) is 0. The van der Waals surface area contributed by atoms with Crippen LogP contribution in [0.15, 0.2) is 88.8 Å². The van der Waals surface area contributed by atoms with Crippen LogP contribution < -0.4 is 11.1 Å². The van der Waals surface area contributed by atoms with Crippen LogP contribution in [-0.4, -0.2) is 38.5 Å². The van der Waals surface area contributed by atoms with Gasteiger partial charge in [-0.25, -0.2) is 18.1 Å². The third kappa shape index (κ3) is 7.28. The molecule has 0 amide bonds. The summed E-state index contributed by atoms with van der Waals surface area (Å²) in [6, 6.07) is 13.8. The van der Waals surface area contributed by atoms with Crippen molar-refractivity contribution in [3.05, 3.63) is 147 Å². The van der Waals surface area contributed by atoms with Gasteiger partial charge in [0.15, 0.2) is 0 Å². The molecule has 262 valence electrons. The van der Waals surface area contributed by atoms with Crippen molar-refractivity contribution >= 4 is 46.2 Å². The molecule has 0 radical (unpaired) electrons. The second-order valence-corrected chi connectivity index (χ2v) is 11.6. The lowest BCUT2D eigenvalue weighted by molar-refractivity contribution is -0.385. The minimum atomic E-state index is -0.666. The predicted octanol–water partition coefficient (Wildman–Crippen LogP) is 7.50. The SMILES string of the molecule is CCn1c(-c2ccc(F)cc2)c(-n2cc([N+](=O)[O-])cn2)cc(Cl)c1=O.CCn1c(-c2ccc(F)cc2)c(-n2ncc([N+](=O)[O-])c2Cl)cc(Cl)c1=O. The fourth-order valence-corrected chi connectivity index (χ4v) is 5.82. The molecule has 14 nitrogen and oxygen atoms in total. The van der Waals surface area contributed by atoms with Crippen LogP contribution in [0.5, 0.6) is 0 Å². The van der Waals surface area contributed by atoms with E-state index in [1.54, 1.807) is 13.8 Å². The fourth-order valence-electron chi connectivity index (χ4n) is 5.15. The van der Waals surface area contributed by atoms with E-state index >= 15 is 0 Å². The number of benzene rings is 2. The molecular formula is C32H23Cl3F2N8O6. The van der Waals surface area contributed by atoms with E-state index in [-0.39, 0.29) is 38.8 Å². The molecule has 4 aromatic heterocycles. The number of hydrogen-bond donors (Lipinski definition) is 0. The molecular weight excluding hydrogens is 737 g/mol. The first-order valence-electron chi connectivity index (χ1n) is 14.7. The molecule has 0 saturated heterocycles. The molecule has 0 bridgehead atoms. The molecule has 0 aliphatic rings. The van der Waals surface area contributed by atoms with Crippen LogP contribution in [-0.2, 0) is 13.1 Å². The topological polar surface area (TPSA) is 166 Å². The molecule has 19 heteroatoms. The van der Waals surface area contributed by atoms with Gasteiger partial charge in [-0.05, 0) is 74.5 Å². The Morgan fingerprint density at radius 3 is 1.59 bits per heavy atom. The number of pyridine rings is 2. The van der Waals surface area contributed by atoms with E-state index in [4.69, 9.17) is 34.8 Å². The number of nitro groups is 2. The predicted molar refractivity (Wildman–Crippen MR) is 186 cm³/mol. The molecule has 0 saturated carbocycles. The molecule has 0 unspecified atom stereocenters. The molecule has 6 rings (SSSR count). The summed E-state index contributed by atoms with van der Waals surface area (Å²) in [6.45, 7) is 4.07. The highest BCUT2D eigenvalue weighted by Gasteiger charge is 2.24. The Bertz CT molecular complexity index is 2410. The van der Waals surface area contributed by atoms with Crippen molar-refractivity contribution in [3.63, 3.8) is 0 Å². The Labute approximate surface area is 300 Å². The first-order valence-corrected chi connectivity index (χ1v) is 15.9. The van der Waals surface area contributed by atoms with Crippen molar-refractivity contribution in [3.8, 4) is 33.9 Å². The second-order valence-electron chi connectivity index (χ2n) is 10.5. The molecule has 0 aliphatic carbocycles. The van der Waals surface area contributed by atoms with Crippen LogP contribution in [0.4, 0.5) is 20.2 Å². The van der Waals surface area contributed by atoms with Gasteiger partial charge in [0.05, 0.1) is 32.6 Å². The van der Waals surface area contributed by atoms with Gasteiger partial charge in [0, 0.05) is 24.2 Å². The summed E-state index contributed by atoms with van der Waals surface area (Å²) >= 11 is 18.2. The third-order valence-electron chi connectivity index (χ3n) is 7.46. The average Bonchev–Trinajstić information content (AvgIpc) is 3.75. The van der Waals surface area contributed by atoms with Gasteiger partial charge >= 0.3 is 11.4 Å². The van der Waals surface area contributed by atoms with Crippen LogP contribution in [0, 0.1) is 31.9 Å². The van der Waals surface area contributed by atoms with Gasteiger partial charge in [-0.15, -0.1) is 0 Å². The van der Waals surface area contributed by atoms with E-state index in [0.717, 1.165) is 17.1 Å². The second kappa shape index (κ2) is 15.0. The third-order valence-corrected chi connectivity index (χ3v) is 8.36. The summed E-state index contributed by atoms with van der Waals surface area (Å²) in [6.07, 6.45) is 3.33. The lowest BCUT2D eigenvalue weighted by Gasteiger charge is -2.17. The quantitative estimate of drug-likeness (QED) is 0.114. The first kappa shape index (κ1) is 36.6. The fraction of sp³-hybridized carbons (Fsp3) is 0.125. The van der Waals surface area contributed by atoms with Gasteiger partial charge in [-0.2, -0.15) is 10.2 Å². The summed E-state index contributed by atoms with van der Waals surface area (Å²) in [4.78, 5) is 45.5. The molecule has 51 heavy (non-hydrogen) atoms. The van der Waals surface area contributed by atoms with E-state index in [0.29, 0.717) is 34.7 Å². The number of aromatic nitrogens is 6. The highest BCUT2D eigenvalue weighted by Crippen LogP contribution is 2.33. The standard InChI is InChI=1S/C16H11Cl2FN4O3.C16H12ClFN4O3/c1-2-21-14(9-3-5-10(19)6-4-9)12(7-11(17)16(21)24)22-15(18)13(8-20-22)23(25)26;1-2-20-15(10-3-5-11(18)6-4-10)14(7-13(17)16(20)23)21-9-12(8-19-21)22(24)25/h3-8H,2H2,1H3;3-9H,2H2,1H3. The van der Waals surface area contributed by atoms with Gasteiger partial charge in [0.1, 0.15) is 40.3 Å². The molecule has 4 heterocycles. The highest BCUT2D eigenvalue weighted by atomic mass is 35.5. The van der Waals surface area contributed by atoms with Crippen molar-refractivity contribution in [1.82, 2.24) is 28.7 Å². The van der Waals surface area contributed by atoms with Crippen molar-refractivity contribution in [1.29, 1.82) is 0 Å². The van der Waals surface area contributed by atoms with E-state index in [2.05, 4.69) is 10.2 Å². The van der Waals surface area contributed by atoms with E-state index < -0.39 is 32.6 Å². The van der Waals surface area contributed by atoms with Gasteiger partial charge in [0.2, 0.25) is 5.15 Å². The minimum absolute atomic E-state index is 0.0409. The van der Waals surface area contributed by atoms with Crippen LogP contribution >= 0.6 is 34.8 Å². The first-order chi connectivity index (χ1) is 24.3. The Morgan fingerprint density at radius 2 is 1.18 bits per heavy atom. The van der Waals surface area contributed by atoms with Crippen molar-refractivity contribution in [2.75, 3.05) is 0 Å². The normalized spacial score (nSPS) is 10.9. The van der Waals surface area contributed by atoms with Gasteiger partial charge < -0.3 is 9.13 Å². The summed E-state index contributed by atoms with van der Waals surface area (Å²) in [5, 5.41) is 29.5. The maximum Gasteiger partial charge on any atom is 0.326 e. The molecule has 2 aromatic carbocycles. The lowest BCUT2D eigenvalue weighted by Crippen LogP contribution is -2.23. The van der Waals surface area contributed by atoms with Gasteiger partial charge in [-0.1, -0.05) is 34.8 Å². The Balaban J connectivity index is 0.000000198. The van der Waals surface area contributed by atoms with Crippen molar-refractivity contribution in [2.45, 2.75) is 26.9 Å². The van der Waals surface area contributed by atoms with Crippen molar-refractivity contribution < 1.29 is 18.6 Å². The van der Waals surface area contributed by atoms with Crippen LogP contribution in [0.25, 0.3) is 33.9 Å². The molecule has 0 N–H and O–H groups in total. The minimum Gasteiger partial charge on any atom is -0.305 e. The lowest BCUT2D eigenvalue weighted by atomic mass is 10.1. The number of nitrogens with zero attached hydrogens (tertiary/aromatic N) is 8. The summed E-state index contributed by atoms with van der Waals surface area (Å²) in [5.74, 6) is -0.859. The maximum absolute atomic E-state index is 13.3. The highest BCUT2D eigenvalue weighted by molar-refractivity contribution is 6.32. The molecule has 0 atom stereocenters. The molecule has 0 aliphatic heterocycles. The summed E-state index contributed by atoms with van der Waals surface area (Å²) in [5.41, 5.74) is 1.07. The number of halogens is 5. The average molecular weight is 760 g/mol. The van der Waals surface area contributed by atoms with Gasteiger partial charge in [-0.3, -0.25) is 29.8 Å². The zero-order valence-electron chi connectivity index (χ0n) is 26.3. The van der Waals surface area contributed by atoms with Crippen LogP contribution in [0.2, 0.25) is 15.2 Å². The van der Waals surface area contributed by atoms with E-state index in [1.165, 1.54) is 80.7 Å². The van der Waals surface area contributed by atoms with E-state index in [9.17, 15) is 38.6 Å². The number of rotatable bonds is 8. The Kier molecular flexibility index (Phi) is 10.8. The zero-order chi connectivity index (χ0) is 37.1. The largest absolute Gasteiger partial charge is 0.326 e. The van der Waals surface area contributed by atoms with Gasteiger partial charge in [0.25, 0.3) is 11.1 Å². The maximum atomic E-state index is 13.3. The van der Waals surface area contributed by atoms with Crippen LogP contribution in [0.1, 0.15) is 13.8 Å². The Hall–Kier alpha value is -5.71. The van der Waals surface area contributed by atoms with Crippen LogP contribution in [0.3, 0.4) is 0 Å². The number of hydrogen-bond acceptors (Lipinski definition) is 8.